The van der Waals surface area contributed by atoms with Gasteiger partial charge >= 0.3 is 5.97 Å². The Balaban J connectivity index is 1.45. The van der Waals surface area contributed by atoms with E-state index in [1.165, 1.54) is 6.21 Å². The highest BCUT2D eigenvalue weighted by molar-refractivity contribution is 9.10. The number of ether oxygens (including phenoxy) is 3. The zero-order valence-corrected chi connectivity index (χ0v) is 18.2. The molecule has 0 aliphatic carbocycles. The lowest BCUT2D eigenvalue weighted by atomic mass is 10.2. The summed E-state index contributed by atoms with van der Waals surface area (Å²) >= 11 is 3.33. The number of rotatable bonds is 8. The second-order valence-corrected chi connectivity index (χ2v) is 7.14. The number of esters is 1. The van der Waals surface area contributed by atoms with Crippen LogP contribution in [0.3, 0.4) is 0 Å². The van der Waals surface area contributed by atoms with Crippen molar-refractivity contribution in [2.75, 3.05) is 13.7 Å². The molecule has 8 heteroatoms. The highest BCUT2D eigenvalue weighted by Gasteiger charge is 2.08. The molecule has 0 bridgehead atoms. The summed E-state index contributed by atoms with van der Waals surface area (Å²) in [6.45, 7) is -0.154. The Bertz CT molecular complexity index is 1050. The van der Waals surface area contributed by atoms with E-state index >= 15 is 0 Å². The van der Waals surface area contributed by atoms with Crippen LogP contribution in [0.2, 0.25) is 0 Å². The zero-order valence-electron chi connectivity index (χ0n) is 16.6. The van der Waals surface area contributed by atoms with E-state index in [-0.39, 0.29) is 12.5 Å². The molecule has 0 heterocycles. The second kappa shape index (κ2) is 10.9. The van der Waals surface area contributed by atoms with Gasteiger partial charge in [0, 0.05) is 4.47 Å². The molecule has 7 nitrogen and oxygen atoms in total. The van der Waals surface area contributed by atoms with E-state index in [1.807, 2.05) is 12.1 Å². The molecule has 0 fully saturated rings. The van der Waals surface area contributed by atoms with Gasteiger partial charge in [0.1, 0.15) is 17.2 Å². The molecular formula is C23H19BrN2O5. The maximum Gasteiger partial charge on any atom is 0.343 e. The van der Waals surface area contributed by atoms with Crippen molar-refractivity contribution in [3.63, 3.8) is 0 Å². The Morgan fingerprint density at radius 2 is 1.52 bits per heavy atom. The lowest BCUT2D eigenvalue weighted by molar-refractivity contribution is -0.123. The van der Waals surface area contributed by atoms with Crippen LogP contribution in [0.25, 0.3) is 0 Å². The fourth-order valence-corrected chi connectivity index (χ4v) is 2.67. The van der Waals surface area contributed by atoms with Crippen LogP contribution in [0.4, 0.5) is 0 Å². The molecule has 0 spiro atoms. The van der Waals surface area contributed by atoms with Crippen molar-refractivity contribution in [1.82, 2.24) is 5.43 Å². The third-order valence-electron chi connectivity index (χ3n) is 4.00. The largest absolute Gasteiger partial charge is 0.497 e. The van der Waals surface area contributed by atoms with Gasteiger partial charge in [0.05, 0.1) is 18.9 Å². The van der Waals surface area contributed by atoms with Crippen LogP contribution < -0.4 is 19.6 Å². The van der Waals surface area contributed by atoms with Crippen LogP contribution in [0, 0.1) is 0 Å². The van der Waals surface area contributed by atoms with Crippen LogP contribution in [0.1, 0.15) is 15.9 Å². The molecule has 0 aliphatic rings. The summed E-state index contributed by atoms with van der Waals surface area (Å²) in [5, 5.41) is 3.89. The van der Waals surface area contributed by atoms with Gasteiger partial charge < -0.3 is 14.2 Å². The lowest BCUT2D eigenvalue weighted by Crippen LogP contribution is -2.24. The molecule has 158 valence electrons. The van der Waals surface area contributed by atoms with E-state index in [4.69, 9.17) is 14.2 Å². The van der Waals surface area contributed by atoms with E-state index in [1.54, 1.807) is 67.8 Å². The first kappa shape index (κ1) is 22.0. The number of nitrogens with zero attached hydrogens (tertiary/aromatic N) is 1. The van der Waals surface area contributed by atoms with Gasteiger partial charge in [-0.05, 0) is 78.4 Å². The fourth-order valence-electron chi connectivity index (χ4n) is 2.41. The lowest BCUT2D eigenvalue weighted by Gasteiger charge is -2.06. The summed E-state index contributed by atoms with van der Waals surface area (Å²) < 4.78 is 16.7. The monoisotopic (exact) mass is 482 g/mol. The number of amides is 1. The third kappa shape index (κ3) is 6.97. The van der Waals surface area contributed by atoms with Crippen molar-refractivity contribution in [1.29, 1.82) is 0 Å². The van der Waals surface area contributed by atoms with Crippen molar-refractivity contribution >= 4 is 34.0 Å². The number of halogens is 1. The molecule has 0 radical (unpaired) electrons. The SMILES string of the molecule is COc1ccc(C(=O)Oc2ccc(/C=N\NC(=O)COc3ccc(Br)cc3)cc2)cc1. The summed E-state index contributed by atoms with van der Waals surface area (Å²) in [5.74, 6) is 0.783. The van der Waals surface area contributed by atoms with Crippen molar-refractivity contribution < 1.29 is 23.8 Å². The number of nitrogens with one attached hydrogen (secondary N) is 1. The first-order valence-corrected chi connectivity index (χ1v) is 9.99. The van der Waals surface area contributed by atoms with Crippen LogP contribution in [0.15, 0.2) is 82.4 Å². The molecule has 0 aliphatic heterocycles. The molecule has 0 aromatic heterocycles. The van der Waals surface area contributed by atoms with E-state index in [9.17, 15) is 9.59 Å². The predicted octanol–water partition coefficient (Wildman–Crippen LogP) is 4.21. The van der Waals surface area contributed by atoms with E-state index < -0.39 is 5.97 Å². The third-order valence-corrected chi connectivity index (χ3v) is 4.53. The Morgan fingerprint density at radius 1 is 0.903 bits per heavy atom. The number of hydrogen-bond acceptors (Lipinski definition) is 6. The van der Waals surface area contributed by atoms with Crippen molar-refractivity contribution in [2.45, 2.75) is 0 Å². The van der Waals surface area contributed by atoms with E-state index in [0.717, 1.165) is 10.0 Å². The molecule has 3 aromatic carbocycles. The van der Waals surface area contributed by atoms with Gasteiger partial charge in [0.15, 0.2) is 6.61 Å². The second-order valence-electron chi connectivity index (χ2n) is 6.22. The van der Waals surface area contributed by atoms with Gasteiger partial charge in [-0.2, -0.15) is 5.10 Å². The molecule has 1 amide bonds. The summed E-state index contributed by atoms with van der Waals surface area (Å²) in [6.07, 6.45) is 1.48. The first-order chi connectivity index (χ1) is 15.0. The smallest absolute Gasteiger partial charge is 0.343 e. The Morgan fingerprint density at radius 3 is 2.16 bits per heavy atom. The molecule has 0 saturated heterocycles. The molecule has 0 saturated carbocycles. The summed E-state index contributed by atoms with van der Waals surface area (Å²) in [5.41, 5.74) is 3.53. The topological polar surface area (TPSA) is 86.2 Å². The number of carbonyl (C=O) groups excluding carboxylic acids is 2. The zero-order chi connectivity index (χ0) is 22.1. The molecule has 3 rings (SSSR count). The molecule has 1 N–H and O–H groups in total. The van der Waals surface area contributed by atoms with Gasteiger partial charge in [0.25, 0.3) is 5.91 Å². The minimum atomic E-state index is -0.470. The van der Waals surface area contributed by atoms with E-state index in [0.29, 0.717) is 22.8 Å². The summed E-state index contributed by atoms with van der Waals surface area (Å²) in [4.78, 5) is 24.0. The first-order valence-electron chi connectivity index (χ1n) is 9.20. The maximum atomic E-state index is 12.2. The Labute approximate surface area is 187 Å². The number of methoxy groups -OCH3 is 1. The van der Waals surface area contributed by atoms with Crippen LogP contribution in [-0.4, -0.2) is 31.8 Å². The van der Waals surface area contributed by atoms with Gasteiger partial charge in [-0.1, -0.05) is 15.9 Å². The normalized spacial score (nSPS) is 10.5. The number of hydrogen-bond donors (Lipinski definition) is 1. The van der Waals surface area contributed by atoms with Crippen LogP contribution in [0.5, 0.6) is 17.2 Å². The molecule has 0 atom stereocenters. The molecular weight excluding hydrogens is 464 g/mol. The maximum absolute atomic E-state index is 12.2. The van der Waals surface area contributed by atoms with Gasteiger partial charge in [-0.15, -0.1) is 0 Å². The molecule has 3 aromatic rings. The quantitative estimate of drug-likeness (QED) is 0.225. The minimum Gasteiger partial charge on any atom is -0.497 e. The van der Waals surface area contributed by atoms with Crippen molar-refractivity contribution in [2.24, 2.45) is 5.10 Å². The van der Waals surface area contributed by atoms with Crippen LogP contribution in [-0.2, 0) is 4.79 Å². The summed E-state index contributed by atoms with van der Waals surface area (Å²) in [7, 11) is 1.56. The van der Waals surface area contributed by atoms with Gasteiger partial charge in [-0.25, -0.2) is 10.2 Å². The summed E-state index contributed by atoms with van der Waals surface area (Å²) in [6, 6.07) is 20.5. The molecule has 0 unspecified atom stereocenters. The Hall–Kier alpha value is -3.65. The fraction of sp³-hybridized carbons (Fsp3) is 0.0870. The average Bonchev–Trinajstić information content (AvgIpc) is 2.80. The number of benzene rings is 3. The van der Waals surface area contributed by atoms with Gasteiger partial charge in [-0.3, -0.25) is 4.79 Å². The highest BCUT2D eigenvalue weighted by Crippen LogP contribution is 2.17. The minimum absolute atomic E-state index is 0.154. The highest BCUT2D eigenvalue weighted by atomic mass is 79.9. The Kier molecular flexibility index (Phi) is 7.78. The average molecular weight is 483 g/mol. The predicted molar refractivity (Wildman–Crippen MR) is 120 cm³/mol. The van der Waals surface area contributed by atoms with E-state index in [2.05, 4.69) is 26.5 Å². The number of carbonyl (C=O) groups is 2. The number of hydrazone groups is 1. The van der Waals surface area contributed by atoms with Crippen molar-refractivity contribution in [3.05, 3.63) is 88.4 Å². The van der Waals surface area contributed by atoms with Crippen LogP contribution >= 0.6 is 15.9 Å². The standard InChI is InChI=1S/C23H19BrN2O5/c1-29-19-10-4-17(5-11-19)23(28)31-21-8-2-16(3-9-21)14-25-26-22(27)15-30-20-12-6-18(24)7-13-20/h2-14H,15H2,1H3,(H,26,27)/b25-14-. The van der Waals surface area contributed by atoms with Crippen molar-refractivity contribution in [3.8, 4) is 17.2 Å². The van der Waals surface area contributed by atoms with Gasteiger partial charge in [0.2, 0.25) is 0 Å². The molecule has 31 heavy (non-hydrogen) atoms.